The van der Waals surface area contributed by atoms with E-state index >= 15 is 0 Å². The van der Waals surface area contributed by atoms with Crippen molar-refractivity contribution in [3.05, 3.63) is 35.6 Å². The molecule has 0 bridgehead atoms. The van der Waals surface area contributed by atoms with Crippen LogP contribution in [0.15, 0.2) is 24.3 Å². The van der Waals surface area contributed by atoms with Gasteiger partial charge in [0, 0.05) is 6.04 Å². The molecule has 20 heavy (non-hydrogen) atoms. The van der Waals surface area contributed by atoms with Crippen LogP contribution in [0.5, 0.6) is 0 Å². The zero-order valence-corrected chi connectivity index (χ0v) is 11.5. The Balaban J connectivity index is 2.34. The maximum absolute atomic E-state index is 13.0. The fourth-order valence-corrected chi connectivity index (χ4v) is 2.53. The zero-order chi connectivity index (χ0) is 14.9. The number of halogens is 1. The van der Waals surface area contributed by atoms with Crippen molar-refractivity contribution in [3.63, 3.8) is 0 Å². The summed E-state index contributed by atoms with van der Waals surface area (Å²) in [6.07, 6.45) is 0. The fraction of sp³-hybridized carbons (Fsp3) is 0.429. The number of nitrogens with two attached hydrogens (primary N) is 1. The van der Waals surface area contributed by atoms with Gasteiger partial charge in [-0.3, -0.25) is 19.8 Å². The second-order valence-corrected chi connectivity index (χ2v) is 5.12. The van der Waals surface area contributed by atoms with E-state index in [0.29, 0.717) is 0 Å². The molecule has 1 aliphatic rings. The van der Waals surface area contributed by atoms with Crippen LogP contribution in [0.3, 0.4) is 0 Å². The smallest absolute Gasteiger partial charge is 0.243 e. The lowest BCUT2D eigenvalue weighted by Gasteiger charge is -2.40. The molecule has 0 radical (unpaired) electrons. The van der Waals surface area contributed by atoms with E-state index in [-0.39, 0.29) is 36.3 Å². The molecular formula is C14H18FN3O2. The van der Waals surface area contributed by atoms with Crippen LogP contribution in [0.25, 0.3) is 0 Å². The van der Waals surface area contributed by atoms with E-state index in [0.717, 1.165) is 5.56 Å². The number of benzene rings is 1. The van der Waals surface area contributed by atoms with Gasteiger partial charge in [-0.25, -0.2) is 4.39 Å². The molecule has 1 fully saturated rings. The molecule has 2 rings (SSSR count). The standard InChI is InChI=1S/C14H18FN3O2/c1-8(16)13(10-3-5-11(15)6-4-10)18-7-12(19)17-14(20)9(18)2/h3-6,8-9,13H,7,16H2,1-2H3,(H,17,19,20). The Bertz CT molecular complexity index is 516. The third-order valence-electron chi connectivity index (χ3n) is 3.53. The van der Waals surface area contributed by atoms with Gasteiger partial charge in [-0.15, -0.1) is 0 Å². The van der Waals surface area contributed by atoms with E-state index in [1.54, 1.807) is 30.9 Å². The van der Waals surface area contributed by atoms with Crippen molar-refractivity contribution >= 4 is 11.8 Å². The van der Waals surface area contributed by atoms with Gasteiger partial charge in [0.25, 0.3) is 0 Å². The third-order valence-corrected chi connectivity index (χ3v) is 3.53. The predicted molar refractivity (Wildman–Crippen MR) is 72.1 cm³/mol. The van der Waals surface area contributed by atoms with E-state index in [1.165, 1.54) is 12.1 Å². The fourth-order valence-electron chi connectivity index (χ4n) is 2.53. The van der Waals surface area contributed by atoms with Gasteiger partial charge in [0.1, 0.15) is 5.82 Å². The Kier molecular flexibility index (Phi) is 4.15. The molecule has 6 heteroatoms. The number of imide groups is 1. The molecule has 1 aliphatic heterocycles. The highest BCUT2D eigenvalue weighted by atomic mass is 19.1. The minimum atomic E-state index is -0.464. The zero-order valence-electron chi connectivity index (χ0n) is 11.5. The monoisotopic (exact) mass is 279 g/mol. The van der Waals surface area contributed by atoms with Gasteiger partial charge in [-0.1, -0.05) is 12.1 Å². The average molecular weight is 279 g/mol. The Labute approximate surface area is 116 Å². The van der Waals surface area contributed by atoms with Crippen molar-refractivity contribution in [2.75, 3.05) is 6.54 Å². The number of hydrogen-bond acceptors (Lipinski definition) is 4. The number of amides is 2. The second-order valence-electron chi connectivity index (χ2n) is 5.12. The molecule has 1 aromatic carbocycles. The molecule has 1 saturated heterocycles. The first-order valence-corrected chi connectivity index (χ1v) is 6.50. The minimum absolute atomic E-state index is 0.0937. The van der Waals surface area contributed by atoms with Crippen LogP contribution in [0.1, 0.15) is 25.5 Å². The number of hydrogen-bond donors (Lipinski definition) is 2. The lowest BCUT2D eigenvalue weighted by atomic mass is 9.96. The van der Waals surface area contributed by atoms with Crippen LogP contribution < -0.4 is 11.1 Å². The van der Waals surface area contributed by atoms with Gasteiger partial charge < -0.3 is 5.73 Å². The summed E-state index contributed by atoms with van der Waals surface area (Å²) in [6, 6.07) is 4.87. The number of carbonyl (C=O) groups is 2. The van der Waals surface area contributed by atoms with Crippen molar-refractivity contribution in [1.29, 1.82) is 0 Å². The summed E-state index contributed by atoms with van der Waals surface area (Å²) >= 11 is 0. The van der Waals surface area contributed by atoms with E-state index < -0.39 is 6.04 Å². The third kappa shape index (κ3) is 2.86. The molecule has 5 nitrogen and oxygen atoms in total. The summed E-state index contributed by atoms with van der Waals surface area (Å²) < 4.78 is 13.0. The maximum Gasteiger partial charge on any atom is 0.243 e. The highest BCUT2D eigenvalue weighted by Crippen LogP contribution is 2.27. The van der Waals surface area contributed by atoms with Gasteiger partial charge in [0.15, 0.2) is 0 Å². The van der Waals surface area contributed by atoms with Gasteiger partial charge in [-0.05, 0) is 31.5 Å². The van der Waals surface area contributed by atoms with Gasteiger partial charge in [0.05, 0.1) is 18.6 Å². The summed E-state index contributed by atoms with van der Waals surface area (Å²) in [6.45, 7) is 3.62. The highest BCUT2D eigenvalue weighted by molar-refractivity contribution is 6.00. The summed E-state index contributed by atoms with van der Waals surface area (Å²) in [4.78, 5) is 25.1. The van der Waals surface area contributed by atoms with Crippen molar-refractivity contribution in [2.45, 2.75) is 32.0 Å². The molecular weight excluding hydrogens is 261 g/mol. The Hall–Kier alpha value is -1.79. The van der Waals surface area contributed by atoms with Crippen LogP contribution in [-0.2, 0) is 9.59 Å². The molecule has 1 aromatic rings. The number of nitrogens with one attached hydrogen (secondary N) is 1. The van der Waals surface area contributed by atoms with Gasteiger partial charge in [0.2, 0.25) is 11.8 Å². The van der Waals surface area contributed by atoms with Gasteiger partial charge >= 0.3 is 0 Å². The molecule has 108 valence electrons. The second kappa shape index (κ2) is 5.68. The first-order chi connectivity index (χ1) is 9.40. The molecule has 2 amide bonds. The number of carbonyl (C=O) groups excluding carboxylic acids is 2. The topological polar surface area (TPSA) is 75.4 Å². The minimum Gasteiger partial charge on any atom is -0.326 e. The number of piperazine rings is 1. The van der Waals surface area contributed by atoms with E-state index in [2.05, 4.69) is 5.32 Å². The average Bonchev–Trinajstić information content (AvgIpc) is 2.37. The van der Waals surface area contributed by atoms with Gasteiger partial charge in [-0.2, -0.15) is 0 Å². The molecule has 3 atom stereocenters. The van der Waals surface area contributed by atoms with E-state index in [4.69, 9.17) is 5.73 Å². The summed E-state index contributed by atoms with van der Waals surface area (Å²) in [5.41, 5.74) is 6.80. The predicted octanol–water partition coefficient (Wildman–Crippen LogP) is 0.561. The maximum atomic E-state index is 13.0. The van der Waals surface area contributed by atoms with Crippen molar-refractivity contribution in [2.24, 2.45) is 5.73 Å². The first-order valence-electron chi connectivity index (χ1n) is 6.50. The SMILES string of the molecule is CC(N)C(c1ccc(F)cc1)N1CC(=O)NC(=O)C1C. The molecule has 3 N–H and O–H groups in total. The molecule has 1 heterocycles. The Morgan fingerprint density at radius 3 is 2.50 bits per heavy atom. The highest BCUT2D eigenvalue weighted by Gasteiger charge is 2.37. The number of rotatable bonds is 3. The van der Waals surface area contributed by atoms with Crippen LogP contribution >= 0.6 is 0 Å². The molecule has 0 aliphatic carbocycles. The lowest BCUT2D eigenvalue weighted by Crippen LogP contribution is -2.59. The van der Waals surface area contributed by atoms with Crippen molar-refractivity contribution in [1.82, 2.24) is 10.2 Å². The van der Waals surface area contributed by atoms with E-state index in [1.807, 2.05) is 0 Å². The Morgan fingerprint density at radius 1 is 1.35 bits per heavy atom. The largest absolute Gasteiger partial charge is 0.326 e. The normalized spacial score (nSPS) is 23.3. The Morgan fingerprint density at radius 2 is 1.95 bits per heavy atom. The lowest BCUT2D eigenvalue weighted by molar-refractivity contribution is -0.141. The molecule has 0 aromatic heterocycles. The van der Waals surface area contributed by atoms with Crippen LogP contribution in [-0.4, -0.2) is 35.3 Å². The van der Waals surface area contributed by atoms with Crippen molar-refractivity contribution in [3.8, 4) is 0 Å². The summed E-state index contributed by atoms with van der Waals surface area (Å²) in [5.74, 6) is -1.02. The molecule has 0 saturated carbocycles. The first kappa shape index (κ1) is 14.6. The van der Waals surface area contributed by atoms with Crippen molar-refractivity contribution < 1.29 is 14.0 Å². The quantitative estimate of drug-likeness (QED) is 0.793. The van der Waals surface area contributed by atoms with Crippen LogP contribution in [0.4, 0.5) is 4.39 Å². The summed E-state index contributed by atoms with van der Waals surface area (Å²) in [5, 5.41) is 2.29. The summed E-state index contributed by atoms with van der Waals surface area (Å²) in [7, 11) is 0. The van der Waals surface area contributed by atoms with Crippen LogP contribution in [0.2, 0.25) is 0 Å². The van der Waals surface area contributed by atoms with Crippen LogP contribution in [0, 0.1) is 5.82 Å². The number of nitrogens with zero attached hydrogens (tertiary/aromatic N) is 1. The molecule has 3 unspecified atom stereocenters. The molecule has 0 spiro atoms. The van der Waals surface area contributed by atoms with E-state index in [9.17, 15) is 14.0 Å².